The molecule has 1 aromatic heterocycles. The van der Waals surface area contributed by atoms with E-state index in [1.807, 2.05) is 14.0 Å². The minimum atomic E-state index is 0.291. The van der Waals surface area contributed by atoms with Gasteiger partial charge in [0.15, 0.2) is 0 Å². The number of thiazole rings is 1. The standard InChI is InChI=1S/C13H14BrIN2S/c1-8-7-18-13(17-8)6-12(16-2)10-5-9(15)3-4-11(10)14/h3-5,7,12,16H,6H2,1-2H3. The summed E-state index contributed by atoms with van der Waals surface area (Å²) in [7, 11) is 2.00. The van der Waals surface area contributed by atoms with E-state index in [1.165, 1.54) is 14.1 Å². The molecule has 0 saturated carbocycles. The van der Waals surface area contributed by atoms with Gasteiger partial charge < -0.3 is 5.32 Å². The third kappa shape index (κ3) is 3.53. The summed E-state index contributed by atoms with van der Waals surface area (Å²) in [5.41, 5.74) is 2.39. The van der Waals surface area contributed by atoms with Crippen molar-refractivity contribution in [2.45, 2.75) is 19.4 Å². The molecule has 1 aromatic carbocycles. The lowest BCUT2D eigenvalue weighted by molar-refractivity contribution is 0.587. The van der Waals surface area contributed by atoms with Crippen molar-refractivity contribution in [3.63, 3.8) is 0 Å². The highest BCUT2D eigenvalue weighted by Gasteiger charge is 2.15. The number of hydrogen-bond acceptors (Lipinski definition) is 3. The highest BCUT2D eigenvalue weighted by atomic mass is 127. The number of aromatic nitrogens is 1. The van der Waals surface area contributed by atoms with Gasteiger partial charge in [-0.3, -0.25) is 0 Å². The fourth-order valence-electron chi connectivity index (χ4n) is 1.82. The largest absolute Gasteiger partial charge is 0.313 e. The van der Waals surface area contributed by atoms with Crippen LogP contribution in [0, 0.1) is 10.5 Å². The maximum atomic E-state index is 4.54. The van der Waals surface area contributed by atoms with Crippen LogP contribution in [0.4, 0.5) is 0 Å². The van der Waals surface area contributed by atoms with Crippen LogP contribution in [0.2, 0.25) is 0 Å². The van der Waals surface area contributed by atoms with Gasteiger partial charge in [-0.2, -0.15) is 0 Å². The van der Waals surface area contributed by atoms with Crippen LogP contribution < -0.4 is 5.32 Å². The number of rotatable bonds is 4. The Morgan fingerprint density at radius 2 is 2.28 bits per heavy atom. The maximum Gasteiger partial charge on any atom is 0.0947 e. The topological polar surface area (TPSA) is 24.9 Å². The van der Waals surface area contributed by atoms with Crippen molar-refractivity contribution in [1.82, 2.24) is 10.3 Å². The molecule has 0 radical (unpaired) electrons. The van der Waals surface area contributed by atoms with Crippen LogP contribution in [0.25, 0.3) is 0 Å². The second kappa shape index (κ2) is 6.45. The number of halogens is 2. The zero-order chi connectivity index (χ0) is 13.1. The number of hydrogen-bond donors (Lipinski definition) is 1. The van der Waals surface area contributed by atoms with Crippen molar-refractivity contribution in [1.29, 1.82) is 0 Å². The molecule has 1 atom stereocenters. The van der Waals surface area contributed by atoms with Crippen LogP contribution in [0.5, 0.6) is 0 Å². The smallest absolute Gasteiger partial charge is 0.0947 e. The third-order valence-electron chi connectivity index (χ3n) is 2.73. The average Bonchev–Trinajstić information content (AvgIpc) is 2.75. The zero-order valence-corrected chi connectivity index (χ0v) is 14.8. The molecule has 1 N–H and O–H groups in total. The molecule has 0 amide bonds. The Labute approximate surface area is 133 Å². The summed E-state index contributed by atoms with van der Waals surface area (Å²) in [5.74, 6) is 0. The number of benzene rings is 1. The number of aryl methyl sites for hydroxylation is 1. The molecule has 0 fully saturated rings. The van der Waals surface area contributed by atoms with E-state index in [-0.39, 0.29) is 0 Å². The Morgan fingerprint density at radius 3 is 2.89 bits per heavy atom. The molecule has 1 heterocycles. The first-order valence-corrected chi connectivity index (χ1v) is 8.38. The molecular formula is C13H14BrIN2S. The van der Waals surface area contributed by atoms with Gasteiger partial charge in [0.2, 0.25) is 0 Å². The Morgan fingerprint density at radius 1 is 1.50 bits per heavy atom. The lowest BCUT2D eigenvalue weighted by atomic mass is 10.0. The van der Waals surface area contributed by atoms with Crippen molar-refractivity contribution in [2.24, 2.45) is 0 Å². The summed E-state index contributed by atoms with van der Waals surface area (Å²) in [6.07, 6.45) is 0.924. The SMILES string of the molecule is CNC(Cc1nc(C)cs1)c1cc(I)ccc1Br. The van der Waals surface area contributed by atoms with Gasteiger partial charge in [-0.05, 0) is 60.3 Å². The lowest BCUT2D eigenvalue weighted by Gasteiger charge is -2.17. The Kier molecular flexibility index (Phi) is 5.17. The fraction of sp³-hybridized carbons (Fsp3) is 0.308. The quantitative estimate of drug-likeness (QED) is 0.722. The molecule has 5 heteroatoms. The van der Waals surface area contributed by atoms with Gasteiger partial charge in [-0.1, -0.05) is 15.9 Å². The maximum absolute atomic E-state index is 4.54. The van der Waals surface area contributed by atoms with Crippen molar-refractivity contribution in [2.75, 3.05) is 7.05 Å². The van der Waals surface area contributed by atoms with Crippen molar-refractivity contribution in [3.05, 3.63) is 47.9 Å². The van der Waals surface area contributed by atoms with Crippen LogP contribution in [-0.4, -0.2) is 12.0 Å². The molecule has 2 aromatic rings. The molecular weight excluding hydrogens is 423 g/mol. The molecule has 0 saturated heterocycles. The molecule has 0 aliphatic carbocycles. The molecule has 0 bridgehead atoms. The van der Waals surface area contributed by atoms with E-state index < -0.39 is 0 Å². The van der Waals surface area contributed by atoms with Gasteiger partial charge in [-0.25, -0.2) is 4.98 Å². The van der Waals surface area contributed by atoms with Crippen LogP contribution >= 0.6 is 49.9 Å². The molecule has 2 nitrogen and oxygen atoms in total. The van der Waals surface area contributed by atoms with Crippen LogP contribution in [0.3, 0.4) is 0 Å². The van der Waals surface area contributed by atoms with Crippen LogP contribution in [-0.2, 0) is 6.42 Å². The van der Waals surface area contributed by atoms with Gasteiger partial charge in [0.1, 0.15) is 0 Å². The van der Waals surface area contributed by atoms with E-state index in [1.54, 1.807) is 11.3 Å². The Bertz CT molecular complexity index is 542. The van der Waals surface area contributed by atoms with Crippen LogP contribution in [0.15, 0.2) is 28.1 Å². The van der Waals surface area contributed by atoms with E-state index in [9.17, 15) is 0 Å². The monoisotopic (exact) mass is 436 g/mol. The summed E-state index contributed by atoms with van der Waals surface area (Å²) in [6, 6.07) is 6.72. The third-order valence-corrected chi connectivity index (χ3v) is 5.11. The summed E-state index contributed by atoms with van der Waals surface area (Å²) < 4.78 is 2.40. The van der Waals surface area contributed by atoms with Crippen molar-refractivity contribution >= 4 is 49.9 Å². The highest BCUT2D eigenvalue weighted by molar-refractivity contribution is 14.1. The van der Waals surface area contributed by atoms with E-state index in [4.69, 9.17) is 0 Å². The highest BCUT2D eigenvalue weighted by Crippen LogP contribution is 2.28. The van der Waals surface area contributed by atoms with Crippen molar-refractivity contribution in [3.8, 4) is 0 Å². The number of nitrogens with zero attached hydrogens (tertiary/aromatic N) is 1. The van der Waals surface area contributed by atoms with Gasteiger partial charge in [0.05, 0.1) is 5.01 Å². The molecule has 0 spiro atoms. The van der Waals surface area contributed by atoms with Gasteiger partial charge >= 0.3 is 0 Å². The van der Waals surface area contributed by atoms with Gasteiger partial charge in [0, 0.05) is 31.6 Å². The van der Waals surface area contributed by atoms with E-state index in [0.717, 1.165) is 16.6 Å². The van der Waals surface area contributed by atoms with Crippen LogP contribution in [0.1, 0.15) is 22.3 Å². The van der Waals surface area contributed by atoms with E-state index >= 15 is 0 Å². The molecule has 0 aliphatic rings. The first-order valence-electron chi connectivity index (χ1n) is 5.63. The molecule has 1 unspecified atom stereocenters. The van der Waals surface area contributed by atoms with Gasteiger partial charge in [-0.15, -0.1) is 11.3 Å². The molecule has 96 valence electrons. The summed E-state index contributed by atoms with van der Waals surface area (Å²) in [4.78, 5) is 4.54. The van der Waals surface area contributed by atoms with Crippen molar-refractivity contribution < 1.29 is 0 Å². The molecule has 0 aliphatic heterocycles. The minimum Gasteiger partial charge on any atom is -0.313 e. The molecule has 18 heavy (non-hydrogen) atoms. The summed E-state index contributed by atoms with van der Waals surface area (Å²) in [6.45, 7) is 2.04. The summed E-state index contributed by atoms with van der Waals surface area (Å²) >= 11 is 7.71. The lowest BCUT2D eigenvalue weighted by Crippen LogP contribution is -2.19. The second-order valence-corrected chi connectivity index (χ2v) is 7.14. The fourth-order valence-corrected chi connectivity index (χ4v) is 3.68. The predicted molar refractivity (Wildman–Crippen MR) is 89.2 cm³/mol. The Balaban J connectivity index is 2.25. The van der Waals surface area contributed by atoms with E-state index in [0.29, 0.717) is 6.04 Å². The normalized spacial score (nSPS) is 12.7. The van der Waals surface area contributed by atoms with E-state index in [2.05, 4.69) is 72.4 Å². The Hall–Kier alpha value is 0.0200. The number of likely N-dealkylation sites (N-methyl/N-ethyl adjacent to an activating group) is 1. The second-order valence-electron chi connectivity index (χ2n) is 4.09. The zero-order valence-electron chi connectivity index (χ0n) is 10.2. The first kappa shape index (κ1) is 14.4. The molecule has 2 rings (SSSR count). The summed E-state index contributed by atoms with van der Waals surface area (Å²) in [5, 5.41) is 6.66. The number of nitrogens with one attached hydrogen (secondary N) is 1. The van der Waals surface area contributed by atoms with Gasteiger partial charge in [0.25, 0.3) is 0 Å². The minimum absolute atomic E-state index is 0.291. The average molecular weight is 437 g/mol. The predicted octanol–water partition coefficient (Wildman–Crippen LogP) is 4.32. The first-order chi connectivity index (χ1) is 8.60.